The quantitative estimate of drug-likeness (QED) is 0.580. The molecular formula is C17H14O8S2. The molecule has 0 spiro atoms. The lowest BCUT2D eigenvalue weighted by atomic mass is 9.87. The molecule has 3 rings (SSSR count). The van der Waals surface area contributed by atoms with Crippen molar-refractivity contribution in [1.82, 2.24) is 0 Å². The van der Waals surface area contributed by atoms with E-state index in [-0.39, 0.29) is 17.4 Å². The molecular weight excluding hydrogens is 396 g/mol. The summed E-state index contributed by atoms with van der Waals surface area (Å²) in [6, 6.07) is 8.91. The fourth-order valence-electron chi connectivity index (χ4n) is 2.84. The van der Waals surface area contributed by atoms with E-state index in [0.29, 0.717) is 28.7 Å². The van der Waals surface area contributed by atoms with Crippen molar-refractivity contribution in [3.05, 3.63) is 58.7 Å². The molecule has 0 heterocycles. The Labute approximate surface area is 156 Å². The van der Waals surface area contributed by atoms with Crippen LogP contribution < -0.4 is 8.37 Å². The van der Waals surface area contributed by atoms with E-state index >= 15 is 0 Å². The van der Waals surface area contributed by atoms with Gasteiger partial charge < -0.3 is 8.37 Å². The van der Waals surface area contributed by atoms with Gasteiger partial charge in [-0.3, -0.25) is 9.11 Å². The highest BCUT2D eigenvalue weighted by Crippen LogP contribution is 2.31. The summed E-state index contributed by atoms with van der Waals surface area (Å²) in [6.07, 6.45) is 0.440. The van der Waals surface area contributed by atoms with Gasteiger partial charge in [-0.25, -0.2) is 0 Å². The minimum atomic E-state index is -4.64. The molecule has 0 bridgehead atoms. The van der Waals surface area contributed by atoms with Gasteiger partial charge in [0, 0.05) is 11.1 Å². The van der Waals surface area contributed by atoms with Gasteiger partial charge in [0.25, 0.3) is 0 Å². The summed E-state index contributed by atoms with van der Waals surface area (Å²) < 4.78 is 70.2. The summed E-state index contributed by atoms with van der Waals surface area (Å²) in [6.45, 7) is 1.88. The lowest BCUT2D eigenvalue weighted by Gasteiger charge is -2.18. The molecule has 0 amide bonds. The first-order valence-corrected chi connectivity index (χ1v) is 10.4. The molecule has 0 radical (unpaired) electrons. The van der Waals surface area contributed by atoms with Crippen molar-refractivity contribution in [2.75, 3.05) is 0 Å². The Morgan fingerprint density at radius 2 is 1.41 bits per heavy atom. The van der Waals surface area contributed by atoms with E-state index in [0.717, 1.165) is 0 Å². The van der Waals surface area contributed by atoms with E-state index < -0.39 is 20.8 Å². The summed E-state index contributed by atoms with van der Waals surface area (Å²) in [5, 5.41) is 0. The van der Waals surface area contributed by atoms with Crippen LogP contribution in [0.5, 0.6) is 11.5 Å². The summed E-state index contributed by atoms with van der Waals surface area (Å²) in [5.41, 5.74) is 2.75. The zero-order chi connectivity index (χ0) is 19.8. The third-order valence-corrected chi connectivity index (χ3v) is 4.70. The van der Waals surface area contributed by atoms with Crippen LogP contribution in [-0.2, 0) is 27.2 Å². The van der Waals surface area contributed by atoms with Crippen LogP contribution in [0.3, 0.4) is 0 Å². The first kappa shape index (κ1) is 19.2. The fraction of sp³-hybridized carbons (Fsp3) is 0.176. The molecule has 0 saturated carbocycles. The van der Waals surface area contributed by atoms with Crippen molar-refractivity contribution >= 4 is 20.8 Å². The van der Waals surface area contributed by atoms with Gasteiger partial charge in [-0.1, -0.05) is 18.8 Å². The Bertz CT molecular complexity index is 1170. The Balaban J connectivity index is 2.02. The molecule has 2 aromatic rings. The van der Waals surface area contributed by atoms with Gasteiger partial charge in [0.05, 0.1) is 0 Å². The van der Waals surface area contributed by atoms with Gasteiger partial charge in [0.1, 0.15) is 11.5 Å². The molecule has 10 heteroatoms. The molecule has 1 unspecified atom stereocenters. The number of hydrogen-bond acceptors (Lipinski definition) is 6. The first-order valence-electron chi connectivity index (χ1n) is 7.63. The van der Waals surface area contributed by atoms with Gasteiger partial charge in [-0.05, 0) is 59.9 Å². The van der Waals surface area contributed by atoms with E-state index in [9.17, 15) is 16.8 Å². The SMILES string of the molecule is CC1Cc2cc(OS(=O)(=O)O)ccc2C#Cc2ccc(OS(=O)(=O)O)cc21. The summed E-state index contributed by atoms with van der Waals surface area (Å²) in [5.74, 6) is 5.72. The van der Waals surface area contributed by atoms with E-state index in [1.54, 1.807) is 12.1 Å². The van der Waals surface area contributed by atoms with Gasteiger partial charge in [0.2, 0.25) is 0 Å². The van der Waals surface area contributed by atoms with Gasteiger partial charge >= 0.3 is 20.8 Å². The molecule has 27 heavy (non-hydrogen) atoms. The minimum Gasteiger partial charge on any atom is -0.362 e. The molecule has 1 atom stereocenters. The minimum absolute atomic E-state index is 0.0468. The summed E-state index contributed by atoms with van der Waals surface area (Å²) in [7, 11) is -9.28. The monoisotopic (exact) mass is 410 g/mol. The van der Waals surface area contributed by atoms with Gasteiger partial charge in [-0.15, -0.1) is 0 Å². The maximum atomic E-state index is 10.9. The van der Waals surface area contributed by atoms with Crippen LogP contribution in [0.15, 0.2) is 36.4 Å². The highest BCUT2D eigenvalue weighted by atomic mass is 32.3. The second-order valence-electron chi connectivity index (χ2n) is 5.95. The Hall–Kier alpha value is -2.58. The zero-order valence-electron chi connectivity index (χ0n) is 13.9. The zero-order valence-corrected chi connectivity index (χ0v) is 15.5. The molecule has 8 nitrogen and oxygen atoms in total. The molecule has 1 aliphatic carbocycles. The molecule has 142 valence electrons. The van der Waals surface area contributed by atoms with Crippen molar-refractivity contribution in [3.8, 4) is 23.3 Å². The number of fused-ring (bicyclic) bond motifs is 2. The van der Waals surface area contributed by atoms with E-state index in [4.69, 9.17) is 9.11 Å². The van der Waals surface area contributed by atoms with Crippen LogP contribution in [0.25, 0.3) is 0 Å². The van der Waals surface area contributed by atoms with Crippen LogP contribution >= 0.6 is 0 Å². The van der Waals surface area contributed by atoms with Gasteiger partial charge in [0.15, 0.2) is 0 Å². The van der Waals surface area contributed by atoms with Gasteiger partial charge in [-0.2, -0.15) is 16.8 Å². The average molecular weight is 410 g/mol. The Morgan fingerprint density at radius 3 is 2.00 bits per heavy atom. The van der Waals surface area contributed by atoms with Crippen LogP contribution in [-0.4, -0.2) is 25.9 Å². The molecule has 0 aliphatic heterocycles. The first-order chi connectivity index (χ1) is 12.5. The number of benzene rings is 2. The third-order valence-electron chi connectivity index (χ3n) is 3.89. The largest absolute Gasteiger partial charge is 0.446 e. The predicted molar refractivity (Wildman–Crippen MR) is 95.3 cm³/mol. The average Bonchev–Trinajstić information content (AvgIpc) is 2.50. The van der Waals surface area contributed by atoms with Crippen LogP contribution in [0.1, 0.15) is 35.1 Å². The van der Waals surface area contributed by atoms with Crippen LogP contribution in [0.2, 0.25) is 0 Å². The fourth-order valence-corrected chi connectivity index (χ4v) is 3.54. The number of hydrogen-bond donors (Lipinski definition) is 2. The highest BCUT2D eigenvalue weighted by Gasteiger charge is 2.18. The molecule has 0 fully saturated rings. The van der Waals surface area contributed by atoms with Crippen molar-refractivity contribution in [3.63, 3.8) is 0 Å². The topological polar surface area (TPSA) is 127 Å². The molecule has 0 aromatic heterocycles. The molecule has 2 N–H and O–H groups in total. The van der Waals surface area contributed by atoms with Crippen molar-refractivity contribution in [2.24, 2.45) is 0 Å². The molecule has 0 saturated heterocycles. The normalized spacial score (nSPS) is 16.0. The summed E-state index contributed by atoms with van der Waals surface area (Å²) >= 11 is 0. The van der Waals surface area contributed by atoms with E-state index in [1.165, 1.54) is 24.3 Å². The molecule has 1 aliphatic rings. The second-order valence-corrected chi connectivity index (χ2v) is 7.99. The smallest absolute Gasteiger partial charge is 0.362 e. The predicted octanol–water partition coefficient (Wildman–Crippen LogP) is 2.11. The molecule has 2 aromatic carbocycles. The lowest BCUT2D eigenvalue weighted by Crippen LogP contribution is -2.10. The summed E-state index contributed by atoms with van der Waals surface area (Å²) in [4.78, 5) is 0. The van der Waals surface area contributed by atoms with Crippen LogP contribution in [0, 0.1) is 11.8 Å². The standard InChI is InChI=1S/C17H14O8S2/c1-11-8-14-9-15(24-26(18,19)20)6-4-12(14)2-3-13-5-7-16(10-17(11)13)25-27(21,22)23/h4-7,9-11H,8H2,1H3,(H,18,19,20)(H,21,22,23). The van der Waals surface area contributed by atoms with Crippen LogP contribution in [0.4, 0.5) is 0 Å². The van der Waals surface area contributed by atoms with Crippen molar-refractivity contribution in [2.45, 2.75) is 19.3 Å². The highest BCUT2D eigenvalue weighted by molar-refractivity contribution is 7.81. The van der Waals surface area contributed by atoms with E-state index in [2.05, 4.69) is 20.2 Å². The lowest BCUT2D eigenvalue weighted by molar-refractivity contribution is 0.384. The van der Waals surface area contributed by atoms with Crippen molar-refractivity contribution in [1.29, 1.82) is 0 Å². The Morgan fingerprint density at radius 1 is 0.889 bits per heavy atom. The second kappa shape index (κ2) is 6.86. The Kier molecular flexibility index (Phi) is 4.88. The maximum Gasteiger partial charge on any atom is 0.446 e. The maximum absolute atomic E-state index is 10.9. The number of rotatable bonds is 4. The third kappa shape index (κ3) is 4.99. The van der Waals surface area contributed by atoms with Crippen molar-refractivity contribution < 1.29 is 34.3 Å². The van der Waals surface area contributed by atoms with E-state index in [1.807, 2.05) is 6.92 Å².